The molecule has 0 amide bonds. The van der Waals surface area contributed by atoms with Crippen molar-refractivity contribution in [2.75, 3.05) is 40.0 Å². The molecule has 0 saturated carbocycles. The van der Waals surface area contributed by atoms with E-state index in [1.165, 1.54) is 0 Å². The van der Waals surface area contributed by atoms with Gasteiger partial charge >= 0.3 is 0 Å². The first-order valence-corrected chi connectivity index (χ1v) is 5.71. The Balaban J connectivity index is 2.44. The first kappa shape index (κ1) is 12.9. The van der Waals surface area contributed by atoms with Crippen molar-refractivity contribution in [3.8, 4) is 0 Å². The first-order chi connectivity index (χ1) is 7.11. The number of nitrogens with two attached hydrogens (primary N) is 1. The first-order valence-electron chi connectivity index (χ1n) is 5.71. The van der Waals surface area contributed by atoms with Gasteiger partial charge in [0.2, 0.25) is 0 Å². The minimum Gasteiger partial charge on any atom is -0.383 e. The van der Waals surface area contributed by atoms with Crippen molar-refractivity contribution in [2.45, 2.75) is 31.8 Å². The van der Waals surface area contributed by atoms with E-state index in [2.05, 4.69) is 18.7 Å². The number of hydrogen-bond acceptors (Lipinski definition) is 4. The lowest BCUT2D eigenvalue weighted by Gasteiger charge is -2.34. The SMILES string of the molecule is CCN(CC1(N)CCOC1)C(C)COC. The Hall–Kier alpha value is -0.160. The van der Waals surface area contributed by atoms with Crippen molar-refractivity contribution in [2.24, 2.45) is 5.73 Å². The predicted molar refractivity (Wildman–Crippen MR) is 60.9 cm³/mol. The third-order valence-electron chi connectivity index (χ3n) is 3.09. The molecular weight excluding hydrogens is 192 g/mol. The van der Waals surface area contributed by atoms with Gasteiger partial charge in [-0.05, 0) is 19.9 Å². The molecule has 1 saturated heterocycles. The van der Waals surface area contributed by atoms with Crippen molar-refractivity contribution in [1.29, 1.82) is 0 Å². The molecule has 0 aliphatic carbocycles. The summed E-state index contributed by atoms with van der Waals surface area (Å²) in [4.78, 5) is 2.36. The molecule has 0 spiro atoms. The molecule has 1 rings (SSSR count). The van der Waals surface area contributed by atoms with Crippen LogP contribution in [0.15, 0.2) is 0 Å². The van der Waals surface area contributed by atoms with Gasteiger partial charge < -0.3 is 15.2 Å². The normalized spacial score (nSPS) is 28.6. The quantitative estimate of drug-likeness (QED) is 0.701. The summed E-state index contributed by atoms with van der Waals surface area (Å²) in [5.41, 5.74) is 6.11. The van der Waals surface area contributed by atoms with Crippen LogP contribution in [-0.4, -0.2) is 56.5 Å². The molecule has 2 atom stereocenters. The van der Waals surface area contributed by atoms with Gasteiger partial charge in [-0.1, -0.05) is 6.92 Å². The molecule has 0 aromatic rings. The van der Waals surface area contributed by atoms with Crippen LogP contribution in [-0.2, 0) is 9.47 Å². The smallest absolute Gasteiger partial charge is 0.0659 e. The van der Waals surface area contributed by atoms with Gasteiger partial charge in [-0.3, -0.25) is 4.90 Å². The molecule has 0 radical (unpaired) electrons. The fraction of sp³-hybridized carbons (Fsp3) is 1.00. The highest BCUT2D eigenvalue weighted by Crippen LogP contribution is 2.18. The molecule has 1 aliphatic heterocycles. The van der Waals surface area contributed by atoms with Crippen molar-refractivity contribution < 1.29 is 9.47 Å². The lowest BCUT2D eigenvalue weighted by atomic mass is 9.99. The Morgan fingerprint density at radius 1 is 1.60 bits per heavy atom. The average molecular weight is 216 g/mol. The van der Waals surface area contributed by atoms with Gasteiger partial charge in [0.25, 0.3) is 0 Å². The van der Waals surface area contributed by atoms with Crippen molar-refractivity contribution in [3.05, 3.63) is 0 Å². The fourth-order valence-electron chi connectivity index (χ4n) is 2.08. The van der Waals surface area contributed by atoms with E-state index in [1.807, 2.05) is 0 Å². The van der Waals surface area contributed by atoms with Gasteiger partial charge in [0.1, 0.15) is 0 Å². The summed E-state index contributed by atoms with van der Waals surface area (Å²) in [6, 6.07) is 0.418. The van der Waals surface area contributed by atoms with Crippen LogP contribution in [0.5, 0.6) is 0 Å². The van der Waals surface area contributed by atoms with Crippen LogP contribution in [0.2, 0.25) is 0 Å². The van der Waals surface area contributed by atoms with E-state index in [1.54, 1.807) is 7.11 Å². The number of likely N-dealkylation sites (N-methyl/N-ethyl adjacent to an activating group) is 1. The summed E-state index contributed by atoms with van der Waals surface area (Å²) in [6.07, 6.45) is 0.962. The zero-order valence-corrected chi connectivity index (χ0v) is 10.2. The third-order valence-corrected chi connectivity index (χ3v) is 3.09. The Kier molecular flexibility index (Phi) is 4.99. The summed E-state index contributed by atoms with van der Waals surface area (Å²) in [7, 11) is 1.74. The van der Waals surface area contributed by atoms with Crippen LogP contribution in [0.4, 0.5) is 0 Å². The summed E-state index contributed by atoms with van der Waals surface area (Å²) in [6.45, 7) is 8.47. The Morgan fingerprint density at radius 3 is 2.80 bits per heavy atom. The highest BCUT2D eigenvalue weighted by atomic mass is 16.5. The zero-order valence-electron chi connectivity index (χ0n) is 10.2. The molecule has 2 unspecified atom stereocenters. The van der Waals surface area contributed by atoms with E-state index >= 15 is 0 Å². The molecule has 0 bridgehead atoms. The lowest BCUT2D eigenvalue weighted by molar-refractivity contribution is 0.0811. The molecule has 1 aliphatic rings. The maximum Gasteiger partial charge on any atom is 0.0659 e. The van der Waals surface area contributed by atoms with Crippen molar-refractivity contribution in [3.63, 3.8) is 0 Å². The van der Waals surface area contributed by atoms with Gasteiger partial charge in [-0.15, -0.1) is 0 Å². The molecule has 1 heterocycles. The van der Waals surface area contributed by atoms with Gasteiger partial charge in [0, 0.05) is 26.3 Å². The molecule has 4 heteroatoms. The van der Waals surface area contributed by atoms with E-state index in [0.29, 0.717) is 12.6 Å². The topological polar surface area (TPSA) is 47.7 Å². The average Bonchev–Trinajstić information content (AvgIpc) is 2.62. The Morgan fingerprint density at radius 2 is 2.33 bits per heavy atom. The molecule has 90 valence electrons. The van der Waals surface area contributed by atoms with E-state index in [4.69, 9.17) is 15.2 Å². The van der Waals surface area contributed by atoms with Crippen LogP contribution in [0.1, 0.15) is 20.3 Å². The zero-order chi connectivity index (χ0) is 11.3. The third kappa shape index (κ3) is 3.72. The second kappa shape index (κ2) is 5.80. The Labute approximate surface area is 92.7 Å². The maximum absolute atomic E-state index is 6.26. The van der Waals surface area contributed by atoms with Gasteiger partial charge in [-0.2, -0.15) is 0 Å². The number of methoxy groups -OCH3 is 1. The predicted octanol–water partition coefficient (Wildman–Crippen LogP) is 0.461. The summed E-state index contributed by atoms with van der Waals surface area (Å²) in [5.74, 6) is 0. The minimum atomic E-state index is -0.155. The van der Waals surface area contributed by atoms with Gasteiger partial charge in [0.05, 0.1) is 18.8 Å². The molecule has 15 heavy (non-hydrogen) atoms. The lowest BCUT2D eigenvalue weighted by Crippen LogP contribution is -2.53. The Bertz CT molecular complexity index is 181. The molecular formula is C11H24N2O2. The van der Waals surface area contributed by atoms with E-state index in [0.717, 1.165) is 32.7 Å². The van der Waals surface area contributed by atoms with E-state index in [9.17, 15) is 0 Å². The number of rotatable bonds is 6. The standard InChI is InChI=1S/C11H24N2O2/c1-4-13(10(2)7-14-3)8-11(12)5-6-15-9-11/h10H,4-9,12H2,1-3H3. The number of ether oxygens (including phenoxy) is 2. The summed E-state index contributed by atoms with van der Waals surface area (Å²) in [5, 5.41) is 0. The van der Waals surface area contributed by atoms with Gasteiger partial charge in [-0.25, -0.2) is 0 Å². The molecule has 4 nitrogen and oxygen atoms in total. The number of nitrogens with zero attached hydrogens (tertiary/aromatic N) is 1. The summed E-state index contributed by atoms with van der Waals surface area (Å²) >= 11 is 0. The van der Waals surface area contributed by atoms with Crippen LogP contribution in [0, 0.1) is 0 Å². The van der Waals surface area contributed by atoms with E-state index in [-0.39, 0.29) is 5.54 Å². The van der Waals surface area contributed by atoms with Crippen LogP contribution < -0.4 is 5.73 Å². The second-order valence-electron chi connectivity index (χ2n) is 4.53. The summed E-state index contributed by atoms with van der Waals surface area (Å²) < 4.78 is 10.5. The highest BCUT2D eigenvalue weighted by Gasteiger charge is 2.33. The van der Waals surface area contributed by atoms with Gasteiger partial charge in [0.15, 0.2) is 0 Å². The minimum absolute atomic E-state index is 0.155. The number of hydrogen-bond donors (Lipinski definition) is 1. The van der Waals surface area contributed by atoms with E-state index < -0.39 is 0 Å². The highest BCUT2D eigenvalue weighted by molar-refractivity contribution is 4.91. The molecule has 0 aromatic heterocycles. The van der Waals surface area contributed by atoms with Crippen LogP contribution >= 0.6 is 0 Å². The monoisotopic (exact) mass is 216 g/mol. The fourth-order valence-corrected chi connectivity index (χ4v) is 2.08. The van der Waals surface area contributed by atoms with Crippen LogP contribution in [0.3, 0.4) is 0 Å². The molecule has 0 aromatic carbocycles. The second-order valence-corrected chi connectivity index (χ2v) is 4.53. The molecule has 2 N–H and O–H groups in total. The van der Waals surface area contributed by atoms with Crippen molar-refractivity contribution >= 4 is 0 Å². The van der Waals surface area contributed by atoms with Crippen LogP contribution in [0.25, 0.3) is 0 Å². The largest absolute Gasteiger partial charge is 0.383 e. The maximum atomic E-state index is 6.26. The van der Waals surface area contributed by atoms with Crippen molar-refractivity contribution in [1.82, 2.24) is 4.90 Å². The molecule has 1 fully saturated rings.